The third-order valence-corrected chi connectivity index (χ3v) is 8.66. The van der Waals surface area contributed by atoms with E-state index in [9.17, 15) is 4.79 Å². The van der Waals surface area contributed by atoms with E-state index in [0.717, 1.165) is 23.1 Å². The van der Waals surface area contributed by atoms with Crippen molar-refractivity contribution in [3.05, 3.63) is 108 Å². The molecule has 3 nitrogen and oxygen atoms in total. The van der Waals surface area contributed by atoms with Crippen LogP contribution in [0.5, 0.6) is 0 Å². The Morgan fingerprint density at radius 1 is 0.848 bits per heavy atom. The Bertz CT molecular complexity index is 1030. The molecule has 1 aliphatic heterocycles. The third-order valence-electron chi connectivity index (χ3n) is 8.66. The van der Waals surface area contributed by atoms with E-state index in [0.29, 0.717) is 18.4 Å². The Morgan fingerprint density at radius 3 is 1.88 bits per heavy atom. The summed E-state index contributed by atoms with van der Waals surface area (Å²) in [6, 6.07) is 31.2. The molecule has 3 aromatic carbocycles. The molecule has 3 heteroatoms. The van der Waals surface area contributed by atoms with Crippen molar-refractivity contribution < 1.29 is 14.3 Å². The van der Waals surface area contributed by atoms with Crippen molar-refractivity contribution in [1.82, 2.24) is 0 Å². The summed E-state index contributed by atoms with van der Waals surface area (Å²) in [5.41, 5.74) is 2.31. The molecule has 3 aromatic rings. The minimum absolute atomic E-state index is 0.0148. The van der Waals surface area contributed by atoms with Gasteiger partial charge in [-0.3, -0.25) is 4.79 Å². The maximum Gasteiger partial charge on any atom is 0.310 e. The molecule has 0 bridgehead atoms. The zero-order valence-corrected chi connectivity index (χ0v) is 19.0. The van der Waals surface area contributed by atoms with Crippen LogP contribution in [0.15, 0.2) is 91.0 Å². The highest BCUT2D eigenvalue weighted by atomic mass is 16.6. The highest BCUT2D eigenvalue weighted by Crippen LogP contribution is 2.68. The normalized spacial score (nSPS) is 30.3. The smallest absolute Gasteiger partial charge is 0.310 e. The highest BCUT2D eigenvalue weighted by molar-refractivity contribution is 5.78. The van der Waals surface area contributed by atoms with Gasteiger partial charge >= 0.3 is 5.97 Å². The predicted octanol–water partition coefficient (Wildman–Crippen LogP) is 5.97. The second kappa shape index (κ2) is 7.85. The molecular weight excluding hydrogens is 408 g/mol. The molecule has 0 spiro atoms. The summed E-state index contributed by atoms with van der Waals surface area (Å²) in [7, 11) is 0. The molecule has 2 aliphatic carbocycles. The van der Waals surface area contributed by atoms with Crippen molar-refractivity contribution >= 4 is 5.97 Å². The van der Waals surface area contributed by atoms with E-state index in [-0.39, 0.29) is 23.4 Å². The average Bonchev–Trinajstić information content (AvgIpc) is 3.38. The topological polar surface area (TPSA) is 35.5 Å². The van der Waals surface area contributed by atoms with Crippen LogP contribution in [0.3, 0.4) is 0 Å². The quantitative estimate of drug-likeness (QED) is 0.351. The lowest BCUT2D eigenvalue weighted by atomic mass is 9.48. The van der Waals surface area contributed by atoms with Crippen molar-refractivity contribution in [2.24, 2.45) is 23.2 Å². The molecule has 168 valence electrons. The minimum atomic E-state index is -0.788. The molecule has 0 unspecified atom stereocenters. The van der Waals surface area contributed by atoms with E-state index >= 15 is 0 Å². The standard InChI is InChI=1S/C30H30O3/c1-29-25-19-11-18-24(25)27(29)28(31)33-26(29)20-32-30(21-12-5-2-6-13-21,22-14-7-3-8-15-22)23-16-9-4-10-17-23/h2-10,12-17,24-27H,11,18-20H2,1H3/t24-,25+,26-,27-,29+/m0/s1. The molecule has 5 atom stereocenters. The second-order valence-electron chi connectivity index (χ2n) is 10.1. The fraction of sp³-hybridized carbons (Fsp3) is 0.367. The van der Waals surface area contributed by atoms with E-state index < -0.39 is 5.60 Å². The third kappa shape index (κ3) is 2.95. The van der Waals surface area contributed by atoms with Crippen molar-refractivity contribution in [1.29, 1.82) is 0 Å². The first-order valence-corrected chi connectivity index (χ1v) is 12.2. The Hall–Kier alpha value is -2.91. The Kier molecular flexibility index (Phi) is 4.92. The number of hydrogen-bond acceptors (Lipinski definition) is 3. The molecule has 0 N–H and O–H groups in total. The zero-order valence-electron chi connectivity index (χ0n) is 19.0. The lowest BCUT2D eigenvalue weighted by Crippen LogP contribution is -2.57. The van der Waals surface area contributed by atoms with Crippen LogP contribution >= 0.6 is 0 Å². The second-order valence-corrected chi connectivity index (χ2v) is 10.1. The van der Waals surface area contributed by atoms with Crippen LogP contribution in [-0.4, -0.2) is 18.7 Å². The number of fused-ring (bicyclic) bond motifs is 4. The summed E-state index contributed by atoms with van der Waals surface area (Å²) in [4.78, 5) is 12.9. The molecule has 0 amide bonds. The first kappa shape index (κ1) is 20.7. The van der Waals surface area contributed by atoms with Crippen molar-refractivity contribution in [2.75, 3.05) is 6.61 Å². The van der Waals surface area contributed by atoms with Crippen molar-refractivity contribution in [3.63, 3.8) is 0 Å². The van der Waals surface area contributed by atoms with Crippen LogP contribution in [-0.2, 0) is 19.9 Å². The van der Waals surface area contributed by atoms with Crippen LogP contribution in [0, 0.1) is 23.2 Å². The summed E-state index contributed by atoms with van der Waals surface area (Å²) in [6.45, 7) is 2.64. The summed E-state index contributed by atoms with van der Waals surface area (Å²) < 4.78 is 13.0. The number of hydrogen-bond donors (Lipinski definition) is 0. The molecule has 33 heavy (non-hydrogen) atoms. The molecule has 3 aliphatic rings. The van der Waals surface area contributed by atoms with E-state index in [1.54, 1.807) is 0 Å². The molecule has 6 rings (SSSR count). The lowest BCUT2D eigenvalue weighted by molar-refractivity contribution is -0.148. The maximum absolute atomic E-state index is 12.9. The summed E-state index contributed by atoms with van der Waals surface area (Å²) in [6.07, 6.45) is 3.37. The van der Waals surface area contributed by atoms with Crippen molar-refractivity contribution in [2.45, 2.75) is 37.9 Å². The molecule has 1 saturated heterocycles. The Morgan fingerprint density at radius 2 is 1.36 bits per heavy atom. The molecule has 2 saturated carbocycles. The average molecular weight is 439 g/mol. The first-order chi connectivity index (χ1) is 16.2. The largest absolute Gasteiger partial charge is 0.459 e. The summed E-state index contributed by atoms with van der Waals surface area (Å²) in [5, 5.41) is 0. The number of esters is 1. The van der Waals surface area contributed by atoms with Crippen LogP contribution < -0.4 is 0 Å². The zero-order chi connectivity index (χ0) is 22.5. The summed E-state index contributed by atoms with van der Waals surface area (Å²) >= 11 is 0. The van der Waals surface area contributed by atoms with Gasteiger partial charge in [0, 0.05) is 5.41 Å². The number of rotatable bonds is 6. The molecular formula is C30H30O3. The molecule has 1 heterocycles. The molecule has 3 fully saturated rings. The van der Waals surface area contributed by atoms with E-state index in [4.69, 9.17) is 9.47 Å². The van der Waals surface area contributed by atoms with Gasteiger partial charge in [0.05, 0.1) is 12.5 Å². The molecule has 0 aromatic heterocycles. The van der Waals surface area contributed by atoms with Gasteiger partial charge in [-0.2, -0.15) is 0 Å². The van der Waals surface area contributed by atoms with Crippen molar-refractivity contribution in [3.8, 4) is 0 Å². The fourth-order valence-corrected chi connectivity index (χ4v) is 7.12. The molecule has 0 radical (unpaired) electrons. The number of cyclic esters (lactones) is 1. The minimum Gasteiger partial charge on any atom is -0.459 e. The number of carbonyl (C=O) groups excluding carboxylic acids is 1. The number of carbonyl (C=O) groups is 1. The fourth-order valence-electron chi connectivity index (χ4n) is 7.12. The van der Waals surface area contributed by atoms with Gasteiger partial charge in [0.1, 0.15) is 11.7 Å². The van der Waals surface area contributed by atoms with Gasteiger partial charge in [-0.05, 0) is 41.4 Å². The lowest BCUT2D eigenvalue weighted by Gasteiger charge is -2.53. The van der Waals surface area contributed by atoms with Crippen LogP contribution in [0.1, 0.15) is 42.9 Å². The van der Waals surface area contributed by atoms with Crippen LogP contribution in [0.25, 0.3) is 0 Å². The van der Waals surface area contributed by atoms with Crippen LogP contribution in [0.2, 0.25) is 0 Å². The van der Waals surface area contributed by atoms with Gasteiger partial charge in [-0.25, -0.2) is 0 Å². The van der Waals surface area contributed by atoms with Crippen LogP contribution in [0.4, 0.5) is 0 Å². The Labute approximate surface area is 195 Å². The van der Waals surface area contributed by atoms with Gasteiger partial charge in [0.15, 0.2) is 0 Å². The van der Waals surface area contributed by atoms with E-state index in [1.807, 2.05) is 18.2 Å². The van der Waals surface area contributed by atoms with Gasteiger partial charge < -0.3 is 9.47 Å². The highest BCUT2D eigenvalue weighted by Gasteiger charge is 2.71. The SMILES string of the molecule is C[C@@]12[C@H](COC(c3ccccc3)(c3ccccc3)c3ccccc3)OC(=O)[C@@H]1[C@H]1CCC[C@H]12. The van der Waals surface area contributed by atoms with Gasteiger partial charge in [-0.1, -0.05) is 104 Å². The monoisotopic (exact) mass is 438 g/mol. The summed E-state index contributed by atoms with van der Waals surface area (Å²) in [5.74, 6) is 1.11. The number of ether oxygens (including phenoxy) is 2. The van der Waals surface area contributed by atoms with E-state index in [1.165, 1.54) is 12.8 Å². The first-order valence-electron chi connectivity index (χ1n) is 12.2. The van der Waals surface area contributed by atoms with Gasteiger partial charge in [0.2, 0.25) is 0 Å². The van der Waals surface area contributed by atoms with Gasteiger partial charge in [-0.15, -0.1) is 0 Å². The predicted molar refractivity (Wildman–Crippen MR) is 127 cm³/mol. The Balaban J connectivity index is 1.42. The maximum atomic E-state index is 12.9. The van der Waals surface area contributed by atoms with Gasteiger partial charge in [0.25, 0.3) is 0 Å². The van der Waals surface area contributed by atoms with E-state index in [2.05, 4.69) is 79.7 Å². The number of benzene rings is 3.